The maximum Gasteiger partial charge on any atom is 0.266 e. The van der Waals surface area contributed by atoms with Gasteiger partial charge in [-0.2, -0.15) is 4.98 Å². The van der Waals surface area contributed by atoms with Gasteiger partial charge in [0, 0.05) is 13.1 Å². The number of phenolic OH excluding ortho intramolecular Hbond substituents is 1. The highest BCUT2D eigenvalue weighted by atomic mass is 16.5. The Hall–Kier alpha value is -2.04. The number of nitrogens with zero attached hydrogens (tertiary/aromatic N) is 3. The second-order valence-corrected chi connectivity index (χ2v) is 4.09. The first-order valence-electron chi connectivity index (χ1n) is 6.04. The summed E-state index contributed by atoms with van der Waals surface area (Å²) >= 11 is 0. The van der Waals surface area contributed by atoms with E-state index >= 15 is 0 Å². The van der Waals surface area contributed by atoms with Gasteiger partial charge in [-0.1, -0.05) is 11.6 Å². The summed E-state index contributed by atoms with van der Waals surface area (Å²) in [6, 6.07) is 5.29. The monoisotopic (exact) mass is 247 g/mol. The second-order valence-electron chi connectivity index (χ2n) is 4.09. The van der Waals surface area contributed by atoms with E-state index in [0.717, 1.165) is 18.7 Å². The van der Waals surface area contributed by atoms with Gasteiger partial charge < -0.3 is 14.5 Å². The first-order valence-corrected chi connectivity index (χ1v) is 6.04. The van der Waals surface area contributed by atoms with E-state index in [9.17, 15) is 5.11 Å². The zero-order valence-corrected chi connectivity index (χ0v) is 10.8. The first-order chi connectivity index (χ1) is 8.65. The minimum absolute atomic E-state index is 0.148. The van der Waals surface area contributed by atoms with Gasteiger partial charge in [-0.15, -0.1) is 0 Å². The standard InChI is InChI=1S/C13H17N3O2/c1-4-16(5-2)13-14-12(18-15-13)10-8-9(3)6-7-11(10)17/h6-8,17H,4-5H2,1-3H3. The van der Waals surface area contributed by atoms with Crippen LogP contribution >= 0.6 is 0 Å². The molecule has 1 aromatic carbocycles. The first kappa shape index (κ1) is 12.4. The number of phenols is 1. The molecule has 1 N–H and O–H groups in total. The number of aromatic hydroxyl groups is 1. The minimum atomic E-state index is 0.148. The third-order valence-electron chi connectivity index (χ3n) is 2.84. The summed E-state index contributed by atoms with van der Waals surface area (Å²) in [5.41, 5.74) is 1.60. The van der Waals surface area contributed by atoms with Crippen molar-refractivity contribution in [2.24, 2.45) is 0 Å². The van der Waals surface area contributed by atoms with Gasteiger partial charge in [0.2, 0.25) is 0 Å². The smallest absolute Gasteiger partial charge is 0.266 e. The molecule has 0 aliphatic carbocycles. The van der Waals surface area contributed by atoms with Crippen LogP contribution in [0, 0.1) is 6.92 Å². The van der Waals surface area contributed by atoms with Crippen LogP contribution in [0.5, 0.6) is 5.75 Å². The summed E-state index contributed by atoms with van der Waals surface area (Å²) in [7, 11) is 0. The van der Waals surface area contributed by atoms with E-state index in [0.29, 0.717) is 17.4 Å². The largest absolute Gasteiger partial charge is 0.507 e. The minimum Gasteiger partial charge on any atom is -0.507 e. The zero-order chi connectivity index (χ0) is 13.1. The zero-order valence-electron chi connectivity index (χ0n) is 10.8. The Kier molecular flexibility index (Phi) is 3.50. The summed E-state index contributed by atoms with van der Waals surface area (Å²) in [5, 5.41) is 13.7. The highest BCUT2D eigenvalue weighted by molar-refractivity contribution is 5.63. The summed E-state index contributed by atoms with van der Waals surface area (Å²) in [6.07, 6.45) is 0. The van der Waals surface area contributed by atoms with Gasteiger partial charge >= 0.3 is 0 Å². The Balaban J connectivity index is 2.37. The fourth-order valence-corrected chi connectivity index (χ4v) is 1.78. The molecule has 0 amide bonds. The molecule has 5 heteroatoms. The lowest BCUT2D eigenvalue weighted by atomic mass is 10.1. The molecule has 0 aliphatic rings. The van der Waals surface area contributed by atoms with Crippen LogP contribution in [0.3, 0.4) is 0 Å². The molecule has 2 rings (SSSR count). The Morgan fingerprint density at radius 2 is 2.00 bits per heavy atom. The molecule has 18 heavy (non-hydrogen) atoms. The van der Waals surface area contributed by atoms with Crippen molar-refractivity contribution in [1.82, 2.24) is 10.1 Å². The summed E-state index contributed by atoms with van der Waals surface area (Å²) in [5.74, 6) is 1.05. The molecule has 1 aromatic heterocycles. The fourth-order valence-electron chi connectivity index (χ4n) is 1.78. The van der Waals surface area contributed by atoms with E-state index in [4.69, 9.17) is 4.52 Å². The Labute approximate surface area is 106 Å². The summed E-state index contributed by atoms with van der Waals surface area (Å²) < 4.78 is 5.21. The highest BCUT2D eigenvalue weighted by Gasteiger charge is 2.15. The molecule has 0 fully saturated rings. The fraction of sp³-hybridized carbons (Fsp3) is 0.385. The quantitative estimate of drug-likeness (QED) is 0.899. The molecule has 5 nitrogen and oxygen atoms in total. The van der Waals surface area contributed by atoms with Gasteiger partial charge in [-0.25, -0.2) is 0 Å². The van der Waals surface area contributed by atoms with E-state index < -0.39 is 0 Å². The van der Waals surface area contributed by atoms with Gasteiger partial charge in [0.05, 0.1) is 5.56 Å². The van der Waals surface area contributed by atoms with Crippen LogP contribution in [0.25, 0.3) is 11.5 Å². The van der Waals surface area contributed by atoms with Crippen molar-refractivity contribution in [3.8, 4) is 17.2 Å². The van der Waals surface area contributed by atoms with Crippen LogP contribution < -0.4 is 4.90 Å². The molecule has 2 aromatic rings. The number of anilines is 1. The lowest BCUT2D eigenvalue weighted by molar-refractivity contribution is 0.423. The van der Waals surface area contributed by atoms with Crippen LogP contribution in [0.2, 0.25) is 0 Å². The molecule has 0 atom stereocenters. The molecule has 0 saturated carbocycles. The number of aryl methyl sites for hydroxylation is 1. The number of rotatable bonds is 4. The van der Waals surface area contributed by atoms with Crippen molar-refractivity contribution in [1.29, 1.82) is 0 Å². The SMILES string of the molecule is CCN(CC)c1noc(-c2cc(C)ccc2O)n1. The van der Waals surface area contributed by atoms with Gasteiger partial charge in [-0.05, 0) is 38.1 Å². The maximum atomic E-state index is 9.81. The van der Waals surface area contributed by atoms with E-state index in [2.05, 4.69) is 10.1 Å². The lowest BCUT2D eigenvalue weighted by Crippen LogP contribution is -2.22. The maximum absolute atomic E-state index is 9.81. The van der Waals surface area contributed by atoms with Crippen LogP contribution in [-0.4, -0.2) is 28.3 Å². The molecule has 0 radical (unpaired) electrons. The molecule has 0 bridgehead atoms. The van der Waals surface area contributed by atoms with Crippen LogP contribution in [0.1, 0.15) is 19.4 Å². The second kappa shape index (κ2) is 5.08. The third-order valence-corrected chi connectivity index (χ3v) is 2.84. The van der Waals surface area contributed by atoms with E-state index in [1.807, 2.05) is 37.8 Å². The van der Waals surface area contributed by atoms with Gasteiger partial charge in [0.1, 0.15) is 5.75 Å². The Morgan fingerprint density at radius 3 is 2.67 bits per heavy atom. The summed E-state index contributed by atoms with van der Waals surface area (Å²) in [6.45, 7) is 7.64. The number of hydrogen-bond acceptors (Lipinski definition) is 5. The average molecular weight is 247 g/mol. The van der Waals surface area contributed by atoms with Crippen LogP contribution in [0.15, 0.2) is 22.7 Å². The topological polar surface area (TPSA) is 62.4 Å². The Morgan fingerprint density at radius 1 is 1.28 bits per heavy atom. The lowest BCUT2D eigenvalue weighted by Gasteiger charge is -2.14. The third kappa shape index (κ3) is 2.30. The molecular formula is C13H17N3O2. The molecule has 0 unspecified atom stereocenters. The average Bonchev–Trinajstić information content (AvgIpc) is 2.83. The van der Waals surface area contributed by atoms with Gasteiger partial charge in [0.15, 0.2) is 0 Å². The normalized spacial score (nSPS) is 10.6. The van der Waals surface area contributed by atoms with Gasteiger partial charge in [0.25, 0.3) is 11.8 Å². The number of benzene rings is 1. The molecular weight excluding hydrogens is 230 g/mol. The molecule has 1 heterocycles. The predicted molar refractivity (Wildman–Crippen MR) is 69.7 cm³/mol. The van der Waals surface area contributed by atoms with Crippen molar-refractivity contribution in [3.05, 3.63) is 23.8 Å². The predicted octanol–water partition coefficient (Wildman–Crippen LogP) is 2.60. The van der Waals surface area contributed by atoms with Crippen molar-refractivity contribution in [3.63, 3.8) is 0 Å². The van der Waals surface area contributed by atoms with Gasteiger partial charge in [-0.3, -0.25) is 0 Å². The Bertz CT molecular complexity index is 533. The highest BCUT2D eigenvalue weighted by Crippen LogP contribution is 2.29. The van der Waals surface area contributed by atoms with Crippen molar-refractivity contribution >= 4 is 5.95 Å². The van der Waals surface area contributed by atoms with E-state index in [1.165, 1.54) is 0 Å². The molecule has 0 spiro atoms. The van der Waals surface area contributed by atoms with E-state index in [1.54, 1.807) is 6.07 Å². The number of aromatic nitrogens is 2. The van der Waals surface area contributed by atoms with E-state index in [-0.39, 0.29) is 5.75 Å². The number of hydrogen-bond donors (Lipinski definition) is 1. The van der Waals surface area contributed by atoms with Crippen molar-refractivity contribution in [2.75, 3.05) is 18.0 Å². The van der Waals surface area contributed by atoms with Crippen molar-refractivity contribution < 1.29 is 9.63 Å². The van der Waals surface area contributed by atoms with Crippen molar-refractivity contribution in [2.45, 2.75) is 20.8 Å². The molecule has 0 saturated heterocycles. The molecule has 96 valence electrons. The molecule has 0 aliphatic heterocycles. The summed E-state index contributed by atoms with van der Waals surface area (Å²) in [4.78, 5) is 6.30. The van der Waals surface area contributed by atoms with Crippen LogP contribution in [0.4, 0.5) is 5.95 Å². The van der Waals surface area contributed by atoms with Crippen LogP contribution in [-0.2, 0) is 0 Å².